The largest absolute Gasteiger partial charge is 0.393 e. The Kier molecular flexibility index (Phi) is 12.3. The summed E-state index contributed by atoms with van der Waals surface area (Å²) in [5, 5.41) is 19.1. The molecule has 0 saturated carbocycles. The van der Waals surface area contributed by atoms with E-state index in [2.05, 4.69) is 6.92 Å². The van der Waals surface area contributed by atoms with E-state index in [9.17, 15) is 10.2 Å². The van der Waals surface area contributed by atoms with Crippen molar-refractivity contribution in [2.24, 2.45) is 0 Å². The fourth-order valence-electron chi connectivity index (χ4n) is 2.09. The Morgan fingerprint density at radius 1 is 0.647 bits per heavy atom. The Labute approximate surface area is 107 Å². The molecule has 0 fully saturated rings. The van der Waals surface area contributed by atoms with Gasteiger partial charge in [0.1, 0.15) is 0 Å². The van der Waals surface area contributed by atoms with Gasteiger partial charge in [0.2, 0.25) is 0 Å². The van der Waals surface area contributed by atoms with Crippen LogP contribution in [0.3, 0.4) is 0 Å². The number of aliphatic hydroxyl groups excluding tert-OH is 2. The summed E-state index contributed by atoms with van der Waals surface area (Å²) in [6.07, 6.45) is 11.8. The first-order chi connectivity index (χ1) is 8.20. The van der Waals surface area contributed by atoms with E-state index in [0.717, 1.165) is 44.9 Å². The smallest absolute Gasteiger partial charge is 0.0540 e. The molecule has 0 aliphatic heterocycles. The van der Waals surface area contributed by atoms with Crippen LogP contribution in [0.15, 0.2) is 0 Å². The van der Waals surface area contributed by atoms with Gasteiger partial charge in [-0.05, 0) is 25.7 Å². The fourth-order valence-corrected chi connectivity index (χ4v) is 2.09. The lowest BCUT2D eigenvalue weighted by Gasteiger charge is -2.11. The molecule has 2 N–H and O–H groups in total. The van der Waals surface area contributed by atoms with Gasteiger partial charge in [-0.15, -0.1) is 0 Å². The van der Waals surface area contributed by atoms with Gasteiger partial charge >= 0.3 is 0 Å². The lowest BCUT2D eigenvalue weighted by molar-refractivity contribution is 0.142. The predicted octanol–water partition coefficient (Wildman–Crippen LogP) is 4.04. The molecule has 17 heavy (non-hydrogen) atoms. The number of rotatable bonds is 12. The molecule has 0 rings (SSSR count). The topological polar surface area (TPSA) is 40.5 Å². The summed E-state index contributed by atoms with van der Waals surface area (Å²) in [6, 6.07) is 0. The van der Waals surface area contributed by atoms with Gasteiger partial charge in [-0.3, -0.25) is 0 Å². The highest BCUT2D eigenvalue weighted by atomic mass is 16.3. The van der Waals surface area contributed by atoms with E-state index in [1.165, 1.54) is 25.7 Å². The van der Waals surface area contributed by atoms with E-state index in [4.69, 9.17) is 0 Å². The molecule has 0 aliphatic rings. The maximum absolute atomic E-state index is 9.75. The Morgan fingerprint density at radius 3 is 1.59 bits per heavy atom. The monoisotopic (exact) mass is 244 g/mol. The second-order valence-corrected chi connectivity index (χ2v) is 5.20. The van der Waals surface area contributed by atoms with Gasteiger partial charge in [-0.2, -0.15) is 0 Å². The zero-order valence-electron chi connectivity index (χ0n) is 11.8. The summed E-state index contributed by atoms with van der Waals surface area (Å²) in [7, 11) is 0. The summed E-state index contributed by atoms with van der Waals surface area (Å²) < 4.78 is 0. The van der Waals surface area contributed by atoms with Crippen molar-refractivity contribution in [2.45, 2.75) is 96.7 Å². The van der Waals surface area contributed by atoms with Crippen LogP contribution in [-0.2, 0) is 0 Å². The van der Waals surface area contributed by atoms with Crippen molar-refractivity contribution in [3.05, 3.63) is 0 Å². The minimum Gasteiger partial charge on any atom is -0.393 e. The lowest BCUT2D eigenvalue weighted by atomic mass is 10.0. The van der Waals surface area contributed by atoms with Gasteiger partial charge in [0.25, 0.3) is 0 Å². The minimum atomic E-state index is -0.117. The molecule has 0 heterocycles. The average Bonchev–Trinajstić information content (AvgIpc) is 2.34. The Morgan fingerprint density at radius 2 is 1.12 bits per heavy atom. The molecule has 2 heteroatoms. The molecule has 0 saturated heterocycles. The molecule has 0 radical (unpaired) electrons. The first kappa shape index (κ1) is 16.9. The van der Waals surface area contributed by atoms with Crippen LogP contribution in [-0.4, -0.2) is 22.4 Å². The van der Waals surface area contributed by atoms with Crippen LogP contribution in [0.4, 0.5) is 0 Å². The second-order valence-electron chi connectivity index (χ2n) is 5.20. The normalized spacial score (nSPS) is 14.8. The predicted molar refractivity (Wildman–Crippen MR) is 74.1 cm³/mol. The zero-order chi connectivity index (χ0) is 12.9. The van der Waals surface area contributed by atoms with Crippen LogP contribution in [0.2, 0.25) is 0 Å². The van der Waals surface area contributed by atoms with Gasteiger partial charge in [-0.25, -0.2) is 0 Å². The van der Waals surface area contributed by atoms with Crippen molar-refractivity contribution in [3.8, 4) is 0 Å². The molecule has 0 bridgehead atoms. The Bertz CT molecular complexity index is 148. The van der Waals surface area contributed by atoms with Gasteiger partial charge in [0, 0.05) is 0 Å². The molecule has 2 nitrogen and oxygen atoms in total. The quantitative estimate of drug-likeness (QED) is 0.509. The Hall–Kier alpha value is -0.0800. The van der Waals surface area contributed by atoms with Crippen molar-refractivity contribution in [3.63, 3.8) is 0 Å². The molecule has 0 aliphatic carbocycles. The first-order valence-electron chi connectivity index (χ1n) is 7.56. The summed E-state index contributed by atoms with van der Waals surface area (Å²) in [5.41, 5.74) is 0. The van der Waals surface area contributed by atoms with Crippen LogP contribution in [0.25, 0.3) is 0 Å². The van der Waals surface area contributed by atoms with E-state index in [-0.39, 0.29) is 12.2 Å². The highest BCUT2D eigenvalue weighted by Gasteiger charge is 2.04. The van der Waals surface area contributed by atoms with Crippen LogP contribution in [0, 0.1) is 0 Å². The maximum Gasteiger partial charge on any atom is 0.0540 e. The standard InChI is InChI=1S/C15H32O2/c1-3-5-6-8-12-15(17)13-10-7-9-11-14(16)4-2/h14-17H,3-13H2,1-2H3. The maximum atomic E-state index is 9.75. The molecular formula is C15H32O2. The van der Waals surface area contributed by atoms with Gasteiger partial charge < -0.3 is 10.2 Å². The third-order valence-corrected chi connectivity index (χ3v) is 3.44. The van der Waals surface area contributed by atoms with Crippen molar-refractivity contribution in [2.75, 3.05) is 0 Å². The molecule has 0 amide bonds. The number of aliphatic hydroxyl groups is 2. The summed E-state index contributed by atoms with van der Waals surface area (Å²) in [4.78, 5) is 0. The summed E-state index contributed by atoms with van der Waals surface area (Å²) >= 11 is 0. The van der Waals surface area contributed by atoms with Crippen molar-refractivity contribution in [1.29, 1.82) is 0 Å². The third-order valence-electron chi connectivity index (χ3n) is 3.44. The average molecular weight is 244 g/mol. The van der Waals surface area contributed by atoms with Gasteiger partial charge in [0.05, 0.1) is 12.2 Å². The molecule has 104 valence electrons. The molecule has 0 aromatic carbocycles. The minimum absolute atomic E-state index is 0.0945. The first-order valence-corrected chi connectivity index (χ1v) is 7.56. The SMILES string of the molecule is CCCCCCC(O)CCCCCC(O)CC. The van der Waals surface area contributed by atoms with E-state index in [0.29, 0.717) is 0 Å². The Balaban J connectivity index is 3.18. The number of unbranched alkanes of at least 4 members (excludes halogenated alkanes) is 5. The molecule has 2 unspecified atom stereocenters. The van der Waals surface area contributed by atoms with Crippen molar-refractivity contribution < 1.29 is 10.2 Å². The van der Waals surface area contributed by atoms with E-state index in [1.54, 1.807) is 0 Å². The van der Waals surface area contributed by atoms with Crippen LogP contribution in [0.5, 0.6) is 0 Å². The van der Waals surface area contributed by atoms with Crippen LogP contribution >= 0.6 is 0 Å². The second kappa shape index (κ2) is 12.4. The fraction of sp³-hybridized carbons (Fsp3) is 1.00. The molecular weight excluding hydrogens is 212 g/mol. The third kappa shape index (κ3) is 12.2. The highest BCUT2D eigenvalue weighted by Crippen LogP contribution is 2.13. The van der Waals surface area contributed by atoms with Crippen LogP contribution < -0.4 is 0 Å². The van der Waals surface area contributed by atoms with Crippen LogP contribution in [0.1, 0.15) is 84.5 Å². The zero-order valence-corrected chi connectivity index (χ0v) is 11.8. The van der Waals surface area contributed by atoms with E-state index in [1.807, 2.05) is 6.92 Å². The molecule has 0 aromatic rings. The highest BCUT2D eigenvalue weighted by molar-refractivity contribution is 4.58. The van der Waals surface area contributed by atoms with Crippen molar-refractivity contribution in [1.82, 2.24) is 0 Å². The lowest BCUT2D eigenvalue weighted by Crippen LogP contribution is -2.07. The van der Waals surface area contributed by atoms with E-state index >= 15 is 0 Å². The van der Waals surface area contributed by atoms with Gasteiger partial charge in [0.15, 0.2) is 0 Å². The summed E-state index contributed by atoms with van der Waals surface area (Å²) in [6.45, 7) is 4.23. The molecule has 2 atom stereocenters. The number of hydrogen-bond acceptors (Lipinski definition) is 2. The number of hydrogen-bond donors (Lipinski definition) is 2. The van der Waals surface area contributed by atoms with Gasteiger partial charge in [-0.1, -0.05) is 58.8 Å². The summed E-state index contributed by atoms with van der Waals surface area (Å²) in [5.74, 6) is 0. The van der Waals surface area contributed by atoms with E-state index < -0.39 is 0 Å². The van der Waals surface area contributed by atoms with Crippen molar-refractivity contribution >= 4 is 0 Å². The molecule has 0 spiro atoms. The molecule has 0 aromatic heterocycles.